The number of hydrogen-bond donors (Lipinski definition) is 0. The van der Waals surface area contributed by atoms with E-state index in [1.807, 2.05) is 0 Å². The van der Waals surface area contributed by atoms with E-state index in [2.05, 4.69) is 305 Å². The third-order valence-corrected chi connectivity index (χ3v) is 18.2. The summed E-state index contributed by atoms with van der Waals surface area (Å²) in [6, 6.07) is 52.9. The molecule has 4 aliphatic carbocycles. The van der Waals surface area contributed by atoms with Crippen molar-refractivity contribution in [2.75, 3.05) is 0 Å². The molecule has 0 fully saturated rings. The van der Waals surface area contributed by atoms with Crippen LogP contribution in [0.4, 0.5) is 22.7 Å². The van der Waals surface area contributed by atoms with Crippen molar-refractivity contribution in [1.29, 1.82) is 0 Å². The van der Waals surface area contributed by atoms with E-state index >= 15 is 0 Å². The molecule has 0 radical (unpaired) electrons. The van der Waals surface area contributed by atoms with Gasteiger partial charge in [0.25, 0.3) is 0 Å². The molecule has 12 rings (SSSR count). The van der Waals surface area contributed by atoms with Crippen molar-refractivity contribution in [3.05, 3.63) is 261 Å². The second-order valence-corrected chi connectivity index (χ2v) is 27.8. The van der Waals surface area contributed by atoms with E-state index in [9.17, 15) is 0 Å². The molecule has 0 saturated heterocycles. The van der Waals surface area contributed by atoms with Gasteiger partial charge in [-0.15, -0.1) is 0 Å². The summed E-state index contributed by atoms with van der Waals surface area (Å²) >= 11 is 0. The molecule has 0 aliphatic heterocycles. The molecule has 0 aromatic heterocycles. The number of hydrogen-bond acceptors (Lipinski definition) is 4. The molecule has 4 aliphatic rings. The van der Waals surface area contributed by atoms with Gasteiger partial charge in [0.05, 0.1) is 45.6 Å². The summed E-state index contributed by atoms with van der Waals surface area (Å²) in [5.74, 6) is 3.02. The van der Waals surface area contributed by atoms with Gasteiger partial charge in [0, 0.05) is 66.0 Å². The van der Waals surface area contributed by atoms with Gasteiger partial charge in [-0.05, 0) is 154 Å². The fourth-order valence-electron chi connectivity index (χ4n) is 13.2. The Labute approximate surface area is 586 Å². The maximum absolute atomic E-state index is 5.55. The topological polar surface area (TPSA) is 49.4 Å². The first-order valence-corrected chi connectivity index (χ1v) is 34.9. The second-order valence-electron chi connectivity index (χ2n) is 27.8. The predicted octanol–water partition coefficient (Wildman–Crippen LogP) is 26.5. The van der Waals surface area contributed by atoms with Crippen LogP contribution in [0.5, 0.6) is 0 Å². The maximum Gasteiger partial charge on any atom is 0.0979 e. The van der Waals surface area contributed by atoms with Crippen molar-refractivity contribution in [1.82, 2.24) is 0 Å². The molecule has 496 valence electrons. The number of allylic oxidation sites excluding steroid dienone is 8. The molecule has 0 heterocycles. The minimum absolute atomic E-state index is 0. The number of aliphatic imine (C=N–C) groups is 4. The van der Waals surface area contributed by atoms with Crippen LogP contribution in [0.3, 0.4) is 0 Å². The monoisotopic (exact) mass is 1330 g/mol. The van der Waals surface area contributed by atoms with Crippen molar-refractivity contribution in [3.63, 3.8) is 0 Å². The number of para-hydroxylation sites is 4. The Hall–Kier alpha value is -7.09. The standard InChI is InChI=1S/2C36H40N2.2C8H12.2Ni/c2*1-21(2)26-15-11-16-27(22(3)4)33(26)37-35-30-19-9-13-25-14-10-20-31(32(25)30)36(35)38-34-28(23(5)6)17-12-18-29(34)24(7)8;2*1-2-4-6-8-7-5-3-1;;/h2*9-24H,1-8H3;2*1-2,7-8H,3-6H2;;/b;;2*2-1-,8-7-;;. The Morgan fingerprint density at radius 1 is 0.213 bits per heavy atom. The van der Waals surface area contributed by atoms with Crippen LogP contribution < -0.4 is 0 Å². The molecular weight excluding hydrogens is 1230 g/mol. The largest absolute Gasteiger partial charge is 0.245 e. The Morgan fingerprint density at radius 3 is 0.511 bits per heavy atom. The van der Waals surface area contributed by atoms with Crippen LogP contribution in [0.2, 0.25) is 0 Å². The van der Waals surface area contributed by atoms with Gasteiger partial charge in [-0.3, -0.25) is 0 Å². The van der Waals surface area contributed by atoms with E-state index in [0.717, 1.165) is 45.6 Å². The summed E-state index contributed by atoms with van der Waals surface area (Å²) in [6.07, 6.45) is 28.0. The molecule has 4 nitrogen and oxygen atoms in total. The van der Waals surface area contributed by atoms with E-state index in [-0.39, 0.29) is 33.0 Å². The predicted molar refractivity (Wildman–Crippen MR) is 405 cm³/mol. The molecule has 0 amide bonds. The van der Waals surface area contributed by atoms with Gasteiger partial charge in [-0.1, -0.05) is 305 Å². The summed E-state index contributed by atoms with van der Waals surface area (Å²) in [5, 5.41) is 4.99. The van der Waals surface area contributed by atoms with Crippen LogP contribution in [-0.4, -0.2) is 22.8 Å². The Morgan fingerprint density at radius 2 is 0.362 bits per heavy atom. The second kappa shape index (κ2) is 35.1. The van der Waals surface area contributed by atoms with Gasteiger partial charge < -0.3 is 0 Å². The average molecular weight is 1340 g/mol. The molecule has 0 atom stereocenters. The molecule has 6 heteroatoms. The molecule has 94 heavy (non-hydrogen) atoms. The number of benzene rings is 8. The van der Waals surface area contributed by atoms with E-state index < -0.39 is 0 Å². The molecule has 8 aromatic rings. The third-order valence-electron chi connectivity index (χ3n) is 18.2. The summed E-state index contributed by atoms with van der Waals surface area (Å²) in [6.45, 7) is 36.2. The van der Waals surface area contributed by atoms with Gasteiger partial charge in [0.15, 0.2) is 0 Å². The average Bonchev–Trinajstić information content (AvgIpc) is 1.60. The Balaban J connectivity index is 0.000000211. The van der Waals surface area contributed by atoms with Crippen LogP contribution >= 0.6 is 0 Å². The molecule has 0 bridgehead atoms. The first-order valence-electron chi connectivity index (χ1n) is 34.9. The maximum atomic E-state index is 5.55. The molecule has 0 unspecified atom stereocenters. The SMILES string of the molecule is C1=C\CC/C=C\CC/1.C1=C\CC/C=C\CC/1.CC(C)c1cccc(C(C)C)c1N=C1C(=Nc2c(C(C)C)cccc2C(C)C)c2cccc3cccc1c23.CC(C)c1cccc(C(C)C)c1N=C1C(=Nc2c(C(C)C)cccc2C(C)C)c2cccc3cccc1c23.[Ni].[Ni]. The first-order chi connectivity index (χ1) is 44.4. The quantitative estimate of drug-likeness (QED) is 0.0865. The number of rotatable bonds is 12. The molecule has 0 saturated carbocycles. The van der Waals surface area contributed by atoms with Gasteiger partial charge >= 0.3 is 0 Å². The molecule has 0 spiro atoms. The summed E-state index contributed by atoms with van der Waals surface area (Å²) in [7, 11) is 0. The third kappa shape index (κ3) is 17.5. The minimum atomic E-state index is 0. The van der Waals surface area contributed by atoms with Gasteiger partial charge in [-0.2, -0.15) is 0 Å². The first kappa shape index (κ1) is 74.3. The van der Waals surface area contributed by atoms with E-state index in [4.69, 9.17) is 20.0 Å². The van der Waals surface area contributed by atoms with Gasteiger partial charge in [-0.25, -0.2) is 20.0 Å². The molecule has 8 aromatic carbocycles. The molecule has 0 N–H and O–H groups in total. The van der Waals surface area contributed by atoms with Crippen molar-refractivity contribution >= 4 is 67.1 Å². The van der Waals surface area contributed by atoms with Crippen LogP contribution in [0.25, 0.3) is 21.5 Å². The smallest absolute Gasteiger partial charge is 0.0979 e. The fraction of sp³-hybridized carbons (Fsp3) is 0.364. The fourth-order valence-corrected chi connectivity index (χ4v) is 13.2. The van der Waals surface area contributed by atoms with Crippen molar-refractivity contribution in [2.45, 2.75) is 209 Å². The van der Waals surface area contributed by atoms with E-state index in [0.29, 0.717) is 47.3 Å². The van der Waals surface area contributed by atoms with Crippen molar-refractivity contribution in [3.8, 4) is 0 Å². The Bertz CT molecular complexity index is 3480. The molecular formula is C88H104N4Ni2. The Kier molecular flexibility index (Phi) is 27.7. The van der Waals surface area contributed by atoms with Crippen molar-refractivity contribution < 1.29 is 33.0 Å². The van der Waals surface area contributed by atoms with Crippen LogP contribution in [-0.2, 0) is 33.0 Å². The minimum Gasteiger partial charge on any atom is -0.245 e. The van der Waals surface area contributed by atoms with Gasteiger partial charge in [0.1, 0.15) is 0 Å². The van der Waals surface area contributed by atoms with E-state index in [1.54, 1.807) is 0 Å². The van der Waals surface area contributed by atoms with Crippen molar-refractivity contribution in [2.24, 2.45) is 20.0 Å². The summed E-state index contributed by atoms with van der Waals surface area (Å²) in [4.78, 5) is 22.2. The summed E-state index contributed by atoms with van der Waals surface area (Å²) in [5.41, 5.74) is 23.4. The van der Waals surface area contributed by atoms with Gasteiger partial charge in [0.2, 0.25) is 0 Å². The summed E-state index contributed by atoms with van der Waals surface area (Å²) < 4.78 is 0. The number of nitrogens with zero attached hydrogens (tertiary/aromatic N) is 4. The van der Waals surface area contributed by atoms with Crippen LogP contribution in [0.15, 0.2) is 214 Å². The van der Waals surface area contributed by atoms with Crippen LogP contribution in [0.1, 0.15) is 276 Å². The zero-order chi connectivity index (χ0) is 65.6. The van der Waals surface area contributed by atoms with E-state index in [1.165, 1.54) is 140 Å². The van der Waals surface area contributed by atoms with Crippen LogP contribution in [0, 0.1) is 0 Å². The zero-order valence-corrected chi connectivity index (χ0v) is 61.1. The normalized spacial score (nSPS) is 17.2. The zero-order valence-electron chi connectivity index (χ0n) is 59.2.